The lowest BCUT2D eigenvalue weighted by Gasteiger charge is -2.23. The highest BCUT2D eigenvalue weighted by atomic mass is 16.4. The molecule has 1 saturated carbocycles. The predicted octanol–water partition coefficient (Wildman–Crippen LogP) is 1.86. The van der Waals surface area contributed by atoms with E-state index in [2.05, 4.69) is 5.32 Å². The summed E-state index contributed by atoms with van der Waals surface area (Å²) >= 11 is 0. The van der Waals surface area contributed by atoms with Gasteiger partial charge in [-0.25, -0.2) is 4.79 Å². The number of carbonyl (C=O) groups excluding carboxylic acids is 1. The molecule has 0 radical (unpaired) electrons. The van der Waals surface area contributed by atoms with E-state index < -0.39 is 5.97 Å². The zero-order valence-corrected chi connectivity index (χ0v) is 9.88. The molecule has 1 amide bonds. The molecule has 1 rings (SSSR count). The van der Waals surface area contributed by atoms with Gasteiger partial charge in [0.05, 0.1) is 0 Å². The Morgan fingerprint density at radius 2 is 1.62 bits per heavy atom. The first-order valence-corrected chi connectivity index (χ1v) is 5.74. The molecule has 0 heterocycles. The van der Waals surface area contributed by atoms with Crippen LogP contribution in [0.3, 0.4) is 0 Å². The number of carbonyl (C=O) groups is 2. The van der Waals surface area contributed by atoms with E-state index in [1.165, 1.54) is 13.3 Å². The van der Waals surface area contributed by atoms with Crippen LogP contribution in [0.2, 0.25) is 0 Å². The third-order valence-electron chi connectivity index (χ3n) is 3.16. The zero-order valence-electron chi connectivity index (χ0n) is 9.88. The lowest BCUT2D eigenvalue weighted by atomic mass is 9.95. The van der Waals surface area contributed by atoms with E-state index in [1.54, 1.807) is 6.92 Å². The highest BCUT2D eigenvalue weighted by Gasteiger charge is 2.18. The Morgan fingerprint density at radius 3 is 2.12 bits per heavy atom. The average Bonchev–Trinajstić information content (AvgIpc) is 2.28. The Kier molecular flexibility index (Phi) is 4.52. The van der Waals surface area contributed by atoms with Crippen molar-refractivity contribution in [3.8, 4) is 0 Å². The number of rotatable bonds is 3. The Bertz CT molecular complexity index is 314. The van der Waals surface area contributed by atoms with E-state index in [9.17, 15) is 9.59 Å². The molecule has 0 aromatic heterocycles. The third kappa shape index (κ3) is 3.36. The van der Waals surface area contributed by atoms with Crippen molar-refractivity contribution in [1.82, 2.24) is 5.32 Å². The maximum atomic E-state index is 11.7. The van der Waals surface area contributed by atoms with Crippen LogP contribution >= 0.6 is 0 Å². The summed E-state index contributed by atoms with van der Waals surface area (Å²) in [6.07, 6.45) is 5.53. The molecule has 0 spiro atoms. The predicted molar refractivity (Wildman–Crippen MR) is 61.0 cm³/mol. The van der Waals surface area contributed by atoms with Crippen molar-refractivity contribution in [1.29, 1.82) is 0 Å². The lowest BCUT2D eigenvalue weighted by molar-refractivity contribution is -0.133. The van der Waals surface area contributed by atoms with E-state index in [0.717, 1.165) is 25.7 Å². The fraction of sp³-hybridized carbons (Fsp3) is 0.667. The van der Waals surface area contributed by atoms with E-state index in [1.807, 2.05) is 0 Å². The molecule has 1 fully saturated rings. The van der Waals surface area contributed by atoms with Crippen molar-refractivity contribution < 1.29 is 14.7 Å². The van der Waals surface area contributed by atoms with Crippen LogP contribution in [0, 0.1) is 0 Å². The van der Waals surface area contributed by atoms with Crippen LogP contribution in [0.5, 0.6) is 0 Å². The molecule has 0 bridgehead atoms. The van der Waals surface area contributed by atoms with Gasteiger partial charge in [0.15, 0.2) is 0 Å². The first-order chi connectivity index (χ1) is 7.52. The monoisotopic (exact) mass is 225 g/mol. The fourth-order valence-electron chi connectivity index (χ4n) is 1.87. The number of amides is 1. The van der Waals surface area contributed by atoms with Crippen LogP contribution < -0.4 is 5.32 Å². The second kappa shape index (κ2) is 5.68. The SMILES string of the molecule is CC(C(=O)O)=C(C)C(=O)NC1CCCCC1. The van der Waals surface area contributed by atoms with E-state index in [-0.39, 0.29) is 17.5 Å². The van der Waals surface area contributed by atoms with Gasteiger partial charge in [-0.05, 0) is 26.7 Å². The number of hydrogen-bond donors (Lipinski definition) is 2. The van der Waals surface area contributed by atoms with Crippen molar-refractivity contribution in [2.24, 2.45) is 0 Å². The first kappa shape index (κ1) is 12.7. The van der Waals surface area contributed by atoms with Crippen molar-refractivity contribution in [2.45, 2.75) is 52.0 Å². The molecule has 16 heavy (non-hydrogen) atoms. The molecule has 0 saturated heterocycles. The summed E-state index contributed by atoms with van der Waals surface area (Å²) in [4.78, 5) is 22.4. The molecular weight excluding hydrogens is 206 g/mol. The Hall–Kier alpha value is -1.32. The highest BCUT2D eigenvalue weighted by molar-refractivity contribution is 6.01. The molecule has 0 aromatic rings. The molecule has 4 nitrogen and oxygen atoms in total. The van der Waals surface area contributed by atoms with Crippen LogP contribution in [0.25, 0.3) is 0 Å². The summed E-state index contributed by atoms with van der Waals surface area (Å²) in [6.45, 7) is 3.01. The maximum Gasteiger partial charge on any atom is 0.331 e. The van der Waals surface area contributed by atoms with Crippen molar-refractivity contribution >= 4 is 11.9 Å². The van der Waals surface area contributed by atoms with E-state index in [4.69, 9.17) is 5.11 Å². The Balaban J connectivity index is 2.57. The topological polar surface area (TPSA) is 66.4 Å². The second-order valence-electron chi connectivity index (χ2n) is 4.36. The van der Waals surface area contributed by atoms with Gasteiger partial charge in [-0.15, -0.1) is 0 Å². The summed E-state index contributed by atoms with van der Waals surface area (Å²) in [6, 6.07) is 0.220. The molecule has 90 valence electrons. The van der Waals surface area contributed by atoms with Crippen LogP contribution in [0.4, 0.5) is 0 Å². The summed E-state index contributed by atoms with van der Waals surface area (Å²) in [5.74, 6) is -1.27. The minimum atomic E-state index is -1.03. The molecule has 1 aliphatic rings. The van der Waals surface area contributed by atoms with Gasteiger partial charge in [0, 0.05) is 17.2 Å². The normalized spacial score (nSPS) is 18.9. The molecule has 0 atom stereocenters. The third-order valence-corrected chi connectivity index (χ3v) is 3.16. The van der Waals surface area contributed by atoms with Gasteiger partial charge in [0.1, 0.15) is 0 Å². The lowest BCUT2D eigenvalue weighted by Crippen LogP contribution is -2.37. The first-order valence-electron chi connectivity index (χ1n) is 5.74. The standard InChI is InChI=1S/C12H19NO3/c1-8(9(2)12(15)16)11(14)13-10-6-4-3-5-7-10/h10H,3-7H2,1-2H3,(H,13,14)(H,15,16). The molecule has 0 aromatic carbocycles. The zero-order chi connectivity index (χ0) is 12.1. The number of carboxylic acids is 1. The number of nitrogens with one attached hydrogen (secondary N) is 1. The van der Waals surface area contributed by atoms with Crippen LogP contribution in [0.1, 0.15) is 46.0 Å². The molecule has 1 aliphatic carbocycles. The van der Waals surface area contributed by atoms with Gasteiger partial charge in [-0.2, -0.15) is 0 Å². The molecular formula is C12H19NO3. The van der Waals surface area contributed by atoms with Gasteiger partial charge in [0.2, 0.25) is 5.91 Å². The van der Waals surface area contributed by atoms with Gasteiger partial charge in [-0.3, -0.25) is 4.79 Å². The average molecular weight is 225 g/mol. The number of carboxylic acid groups (broad SMARTS) is 1. The van der Waals surface area contributed by atoms with E-state index in [0.29, 0.717) is 5.57 Å². The van der Waals surface area contributed by atoms with Gasteiger partial charge < -0.3 is 10.4 Å². The minimum Gasteiger partial charge on any atom is -0.478 e. The fourth-order valence-corrected chi connectivity index (χ4v) is 1.87. The highest BCUT2D eigenvalue weighted by Crippen LogP contribution is 2.18. The molecule has 2 N–H and O–H groups in total. The van der Waals surface area contributed by atoms with E-state index >= 15 is 0 Å². The summed E-state index contributed by atoms with van der Waals surface area (Å²) < 4.78 is 0. The second-order valence-corrected chi connectivity index (χ2v) is 4.36. The summed E-state index contributed by atoms with van der Waals surface area (Å²) in [5, 5.41) is 11.7. The smallest absolute Gasteiger partial charge is 0.331 e. The van der Waals surface area contributed by atoms with Gasteiger partial charge in [-0.1, -0.05) is 19.3 Å². The number of hydrogen-bond acceptors (Lipinski definition) is 2. The largest absolute Gasteiger partial charge is 0.478 e. The quantitative estimate of drug-likeness (QED) is 0.720. The Labute approximate surface area is 95.7 Å². The molecule has 4 heteroatoms. The summed E-state index contributed by atoms with van der Waals surface area (Å²) in [5.41, 5.74) is 0.423. The van der Waals surface area contributed by atoms with Crippen LogP contribution in [-0.2, 0) is 9.59 Å². The molecule has 0 aliphatic heterocycles. The van der Waals surface area contributed by atoms with Crippen LogP contribution in [0.15, 0.2) is 11.1 Å². The van der Waals surface area contributed by atoms with Crippen LogP contribution in [-0.4, -0.2) is 23.0 Å². The van der Waals surface area contributed by atoms with Gasteiger partial charge in [0.25, 0.3) is 0 Å². The summed E-state index contributed by atoms with van der Waals surface area (Å²) in [7, 11) is 0. The maximum absolute atomic E-state index is 11.7. The Morgan fingerprint density at radius 1 is 1.06 bits per heavy atom. The van der Waals surface area contributed by atoms with Crippen molar-refractivity contribution in [2.75, 3.05) is 0 Å². The molecule has 0 unspecified atom stereocenters. The number of aliphatic carboxylic acids is 1. The van der Waals surface area contributed by atoms with Crippen molar-refractivity contribution in [3.05, 3.63) is 11.1 Å². The minimum absolute atomic E-state index is 0.119. The van der Waals surface area contributed by atoms with Crippen molar-refractivity contribution in [3.63, 3.8) is 0 Å². The van der Waals surface area contributed by atoms with Gasteiger partial charge >= 0.3 is 5.97 Å².